The molecule has 0 aliphatic carbocycles. The highest BCUT2D eigenvalue weighted by Gasteiger charge is 1.89. The van der Waals surface area contributed by atoms with Crippen LogP contribution in [0.15, 0.2) is 24.3 Å². The second kappa shape index (κ2) is 5.61. The second-order valence-electron chi connectivity index (χ2n) is 2.95. The van der Waals surface area contributed by atoms with Gasteiger partial charge in [0.25, 0.3) is 0 Å². The highest BCUT2D eigenvalue weighted by molar-refractivity contribution is 5.75. The topological polar surface area (TPSA) is 46.2 Å². The third-order valence-electron chi connectivity index (χ3n) is 1.71. The van der Waals surface area contributed by atoms with Gasteiger partial charge in [-0.15, -0.1) is 0 Å². The van der Waals surface area contributed by atoms with Crippen molar-refractivity contribution in [1.82, 2.24) is 5.32 Å². The van der Waals surface area contributed by atoms with Gasteiger partial charge in [0.15, 0.2) is 0 Å². The Kier molecular flexibility index (Phi) is 4.11. The van der Waals surface area contributed by atoms with E-state index in [0.717, 1.165) is 11.8 Å². The predicted molar refractivity (Wildman–Crippen MR) is 57.4 cm³/mol. The van der Waals surface area contributed by atoms with Crippen LogP contribution in [0.4, 0.5) is 0 Å². The first kappa shape index (κ1) is 11.0. The summed E-state index contributed by atoms with van der Waals surface area (Å²) in [5, 5.41) is 2.57. The van der Waals surface area contributed by atoms with E-state index in [4.69, 9.17) is 0 Å². The zero-order valence-electron chi connectivity index (χ0n) is 8.41. The molecule has 0 fully saturated rings. The van der Waals surface area contributed by atoms with Gasteiger partial charge in [-0.05, 0) is 12.1 Å². The molecule has 0 unspecified atom stereocenters. The quantitative estimate of drug-likeness (QED) is 0.573. The third-order valence-corrected chi connectivity index (χ3v) is 1.71. The Labute approximate surface area is 88.5 Å². The molecule has 0 radical (unpaired) electrons. The molecule has 1 aromatic rings. The monoisotopic (exact) mass is 201 g/mol. The summed E-state index contributed by atoms with van der Waals surface area (Å²) in [4.78, 5) is 20.9. The molecule has 1 rings (SSSR count). The van der Waals surface area contributed by atoms with Crippen molar-refractivity contribution in [2.24, 2.45) is 0 Å². The number of amides is 1. The first-order chi connectivity index (χ1) is 7.22. The standard InChI is InChI=1S/C12H11NO2/c1-10(15)13-8-2-3-11-4-6-12(9-14)7-5-11/h4-7,9H,8H2,1H3,(H,13,15). The Morgan fingerprint density at radius 3 is 2.60 bits per heavy atom. The first-order valence-electron chi connectivity index (χ1n) is 4.51. The van der Waals surface area contributed by atoms with E-state index >= 15 is 0 Å². The van der Waals surface area contributed by atoms with Gasteiger partial charge in [-0.3, -0.25) is 9.59 Å². The fourth-order valence-corrected chi connectivity index (χ4v) is 0.960. The van der Waals surface area contributed by atoms with E-state index < -0.39 is 0 Å². The van der Waals surface area contributed by atoms with Crippen LogP contribution in [0.25, 0.3) is 0 Å². The van der Waals surface area contributed by atoms with Crippen LogP contribution in [0.2, 0.25) is 0 Å². The van der Waals surface area contributed by atoms with Crippen LogP contribution in [0.5, 0.6) is 0 Å². The Morgan fingerprint density at radius 2 is 2.07 bits per heavy atom. The highest BCUT2D eigenvalue weighted by atomic mass is 16.1. The molecule has 1 amide bonds. The summed E-state index contributed by atoms with van der Waals surface area (Å²) < 4.78 is 0. The lowest BCUT2D eigenvalue weighted by Gasteiger charge is -1.92. The Bertz CT molecular complexity index is 409. The van der Waals surface area contributed by atoms with Gasteiger partial charge in [0.1, 0.15) is 6.29 Å². The van der Waals surface area contributed by atoms with Gasteiger partial charge < -0.3 is 5.32 Å². The maximum absolute atomic E-state index is 10.5. The lowest BCUT2D eigenvalue weighted by molar-refractivity contribution is -0.118. The van der Waals surface area contributed by atoms with Crippen molar-refractivity contribution in [3.05, 3.63) is 35.4 Å². The Hall–Kier alpha value is -2.08. The Balaban J connectivity index is 2.56. The number of hydrogen-bond donors (Lipinski definition) is 1. The lowest BCUT2D eigenvalue weighted by Crippen LogP contribution is -2.19. The van der Waals surface area contributed by atoms with E-state index in [1.165, 1.54) is 6.92 Å². The predicted octanol–water partition coefficient (Wildman–Crippen LogP) is 0.987. The molecule has 0 heterocycles. The van der Waals surface area contributed by atoms with E-state index in [1.54, 1.807) is 24.3 Å². The summed E-state index contributed by atoms with van der Waals surface area (Å²) in [7, 11) is 0. The summed E-state index contributed by atoms with van der Waals surface area (Å²) >= 11 is 0. The number of rotatable bonds is 2. The summed E-state index contributed by atoms with van der Waals surface area (Å²) in [5.74, 6) is 5.57. The molecule has 0 bridgehead atoms. The molecular formula is C12H11NO2. The van der Waals surface area contributed by atoms with Crippen LogP contribution in [0.1, 0.15) is 22.8 Å². The molecule has 0 aromatic heterocycles. The largest absolute Gasteiger partial charge is 0.345 e. The second-order valence-corrected chi connectivity index (χ2v) is 2.95. The van der Waals surface area contributed by atoms with Gasteiger partial charge in [0.05, 0.1) is 6.54 Å². The van der Waals surface area contributed by atoms with Crippen molar-refractivity contribution in [3.8, 4) is 11.8 Å². The van der Waals surface area contributed by atoms with Gasteiger partial charge in [0, 0.05) is 18.1 Å². The fourth-order valence-electron chi connectivity index (χ4n) is 0.960. The van der Waals surface area contributed by atoms with Crippen molar-refractivity contribution in [3.63, 3.8) is 0 Å². The average molecular weight is 201 g/mol. The molecule has 3 nitrogen and oxygen atoms in total. The molecular weight excluding hydrogens is 190 g/mol. The van der Waals surface area contributed by atoms with Gasteiger partial charge in [-0.1, -0.05) is 24.0 Å². The van der Waals surface area contributed by atoms with Crippen LogP contribution in [-0.4, -0.2) is 18.7 Å². The normalized spacial score (nSPS) is 8.60. The van der Waals surface area contributed by atoms with Crippen LogP contribution >= 0.6 is 0 Å². The van der Waals surface area contributed by atoms with Crippen molar-refractivity contribution >= 4 is 12.2 Å². The third kappa shape index (κ3) is 4.10. The number of carbonyl (C=O) groups excluding carboxylic acids is 2. The SMILES string of the molecule is CC(=O)NCC#Cc1ccc(C=O)cc1. The van der Waals surface area contributed by atoms with Crippen molar-refractivity contribution in [1.29, 1.82) is 0 Å². The van der Waals surface area contributed by atoms with Gasteiger partial charge in [0.2, 0.25) is 5.91 Å². The number of nitrogens with one attached hydrogen (secondary N) is 1. The summed E-state index contributed by atoms with van der Waals surface area (Å²) in [6.07, 6.45) is 0.786. The molecule has 0 saturated carbocycles. The number of hydrogen-bond acceptors (Lipinski definition) is 2. The lowest BCUT2D eigenvalue weighted by atomic mass is 10.1. The van der Waals surface area contributed by atoms with Crippen molar-refractivity contribution in [2.75, 3.05) is 6.54 Å². The molecule has 1 aromatic carbocycles. The number of aldehydes is 1. The maximum atomic E-state index is 10.5. The van der Waals surface area contributed by atoms with Gasteiger partial charge in [-0.2, -0.15) is 0 Å². The van der Waals surface area contributed by atoms with Crippen molar-refractivity contribution in [2.45, 2.75) is 6.92 Å². The van der Waals surface area contributed by atoms with Crippen LogP contribution in [0.3, 0.4) is 0 Å². The van der Waals surface area contributed by atoms with E-state index in [2.05, 4.69) is 17.2 Å². The molecule has 1 N–H and O–H groups in total. The molecule has 0 spiro atoms. The average Bonchev–Trinajstić information content (AvgIpc) is 2.25. The minimum absolute atomic E-state index is 0.0967. The van der Waals surface area contributed by atoms with E-state index in [9.17, 15) is 9.59 Å². The van der Waals surface area contributed by atoms with Crippen molar-refractivity contribution < 1.29 is 9.59 Å². The zero-order chi connectivity index (χ0) is 11.1. The molecule has 15 heavy (non-hydrogen) atoms. The molecule has 76 valence electrons. The van der Waals surface area contributed by atoms with Crippen LogP contribution in [-0.2, 0) is 4.79 Å². The minimum Gasteiger partial charge on any atom is -0.345 e. The molecule has 0 aliphatic heterocycles. The number of carbonyl (C=O) groups is 2. The van der Waals surface area contributed by atoms with Crippen LogP contribution < -0.4 is 5.32 Å². The van der Waals surface area contributed by atoms with E-state index in [1.807, 2.05) is 0 Å². The Morgan fingerprint density at radius 1 is 1.40 bits per heavy atom. The molecule has 3 heteroatoms. The highest BCUT2D eigenvalue weighted by Crippen LogP contribution is 1.99. The van der Waals surface area contributed by atoms with Gasteiger partial charge >= 0.3 is 0 Å². The zero-order valence-corrected chi connectivity index (χ0v) is 8.41. The fraction of sp³-hybridized carbons (Fsp3) is 0.167. The number of benzene rings is 1. The van der Waals surface area contributed by atoms with Gasteiger partial charge in [-0.25, -0.2) is 0 Å². The smallest absolute Gasteiger partial charge is 0.217 e. The summed E-state index contributed by atoms with van der Waals surface area (Å²) in [6, 6.07) is 6.94. The van der Waals surface area contributed by atoms with E-state index in [0.29, 0.717) is 12.1 Å². The molecule has 0 atom stereocenters. The summed E-state index contributed by atoms with van der Waals surface area (Å²) in [6.45, 7) is 1.78. The summed E-state index contributed by atoms with van der Waals surface area (Å²) in [5.41, 5.74) is 1.45. The molecule has 0 aliphatic rings. The minimum atomic E-state index is -0.0967. The van der Waals surface area contributed by atoms with E-state index in [-0.39, 0.29) is 5.91 Å². The molecule has 0 saturated heterocycles. The van der Waals surface area contributed by atoms with Crippen LogP contribution in [0, 0.1) is 11.8 Å². The maximum Gasteiger partial charge on any atom is 0.217 e. The first-order valence-corrected chi connectivity index (χ1v) is 4.51.